The molecule has 0 spiro atoms. The van der Waals surface area contributed by atoms with Crippen LogP contribution in [-0.4, -0.2) is 22.3 Å². The van der Waals surface area contributed by atoms with Gasteiger partial charge in [-0.3, -0.25) is 9.59 Å². The van der Waals surface area contributed by atoms with Crippen LogP contribution in [0.2, 0.25) is 0 Å². The number of carbonyl (C=O) groups is 2. The van der Waals surface area contributed by atoms with Crippen LogP contribution in [0.3, 0.4) is 0 Å². The summed E-state index contributed by atoms with van der Waals surface area (Å²) in [6, 6.07) is 0. The minimum atomic E-state index is -0.653. The van der Waals surface area contributed by atoms with E-state index in [9.17, 15) is 14.7 Å². The first-order valence-corrected chi connectivity index (χ1v) is 9.98. The fourth-order valence-corrected chi connectivity index (χ4v) is 7.46. The van der Waals surface area contributed by atoms with Crippen molar-refractivity contribution in [3.05, 3.63) is 0 Å². The summed E-state index contributed by atoms with van der Waals surface area (Å²) in [5, 5.41) is 10.4. The Morgan fingerprint density at radius 1 is 1.04 bits per heavy atom. The van der Waals surface area contributed by atoms with Crippen molar-refractivity contribution < 1.29 is 14.7 Å². The molecule has 0 bridgehead atoms. The van der Waals surface area contributed by atoms with E-state index in [0.717, 1.165) is 32.1 Å². The highest BCUT2D eigenvalue weighted by atomic mass is 16.3. The number of hydrogen-bond donors (Lipinski definition) is 1. The molecule has 4 aliphatic carbocycles. The molecule has 0 aromatic carbocycles. The van der Waals surface area contributed by atoms with E-state index in [0.29, 0.717) is 48.1 Å². The molecule has 0 aromatic rings. The van der Waals surface area contributed by atoms with Gasteiger partial charge in [-0.15, -0.1) is 0 Å². The number of hydrogen-bond acceptors (Lipinski definition) is 3. The Kier molecular flexibility index (Phi) is 3.77. The maximum atomic E-state index is 12.9. The third-order valence-electron chi connectivity index (χ3n) is 8.58. The van der Waals surface area contributed by atoms with Gasteiger partial charge in [0.05, 0.1) is 5.60 Å². The third kappa shape index (κ3) is 2.34. The fourth-order valence-electron chi connectivity index (χ4n) is 7.46. The third-order valence-corrected chi connectivity index (χ3v) is 8.58. The summed E-state index contributed by atoms with van der Waals surface area (Å²) in [6.07, 6.45) is 7.69. The molecule has 1 N–H and O–H groups in total. The molecule has 134 valence electrons. The molecule has 3 heteroatoms. The summed E-state index contributed by atoms with van der Waals surface area (Å²) in [5.74, 6) is 3.23. The highest BCUT2D eigenvalue weighted by Crippen LogP contribution is 2.64. The largest absolute Gasteiger partial charge is 0.390 e. The fraction of sp³-hybridized carbons (Fsp3) is 0.905. The lowest BCUT2D eigenvalue weighted by atomic mass is 9.48. The second-order valence-corrected chi connectivity index (χ2v) is 9.90. The van der Waals surface area contributed by atoms with Gasteiger partial charge in [0.2, 0.25) is 0 Å². The molecule has 0 heterocycles. The van der Waals surface area contributed by atoms with Crippen LogP contribution in [0.15, 0.2) is 0 Å². The summed E-state index contributed by atoms with van der Waals surface area (Å²) in [6.45, 7) is 5.99. The van der Waals surface area contributed by atoms with Gasteiger partial charge in [0, 0.05) is 18.3 Å². The van der Waals surface area contributed by atoms with E-state index in [1.165, 1.54) is 6.42 Å². The monoisotopic (exact) mass is 332 g/mol. The number of ketones is 2. The zero-order valence-corrected chi connectivity index (χ0v) is 15.4. The van der Waals surface area contributed by atoms with Crippen LogP contribution in [0.4, 0.5) is 0 Å². The van der Waals surface area contributed by atoms with E-state index in [4.69, 9.17) is 0 Å². The van der Waals surface area contributed by atoms with Crippen molar-refractivity contribution in [3.63, 3.8) is 0 Å². The van der Waals surface area contributed by atoms with E-state index >= 15 is 0 Å². The highest BCUT2D eigenvalue weighted by molar-refractivity contribution is 5.83. The van der Waals surface area contributed by atoms with Crippen LogP contribution in [0.5, 0.6) is 0 Å². The molecule has 0 amide bonds. The summed E-state index contributed by atoms with van der Waals surface area (Å²) < 4.78 is 0. The van der Waals surface area contributed by atoms with Crippen molar-refractivity contribution in [1.29, 1.82) is 0 Å². The number of aliphatic hydroxyl groups is 1. The Hall–Kier alpha value is -0.700. The van der Waals surface area contributed by atoms with E-state index in [2.05, 4.69) is 6.92 Å². The number of fused-ring (bicyclic) bond motifs is 5. The predicted molar refractivity (Wildman–Crippen MR) is 92.3 cm³/mol. The molecule has 0 radical (unpaired) electrons. The average molecular weight is 332 g/mol. The molecule has 8 unspecified atom stereocenters. The van der Waals surface area contributed by atoms with Gasteiger partial charge >= 0.3 is 0 Å². The maximum Gasteiger partial charge on any atom is 0.136 e. The topological polar surface area (TPSA) is 54.4 Å². The van der Waals surface area contributed by atoms with E-state index in [1.54, 1.807) is 6.92 Å². The second-order valence-electron chi connectivity index (χ2n) is 9.90. The molecule has 4 aliphatic rings. The van der Waals surface area contributed by atoms with Crippen molar-refractivity contribution in [2.75, 3.05) is 0 Å². The van der Waals surface area contributed by atoms with Gasteiger partial charge < -0.3 is 5.11 Å². The Labute approximate surface area is 145 Å². The minimum absolute atomic E-state index is 0.0874. The van der Waals surface area contributed by atoms with Crippen molar-refractivity contribution in [2.24, 2.45) is 40.9 Å². The lowest BCUT2D eigenvalue weighted by Crippen LogP contribution is -2.53. The van der Waals surface area contributed by atoms with Crippen LogP contribution >= 0.6 is 0 Å². The van der Waals surface area contributed by atoms with Crippen molar-refractivity contribution >= 4 is 11.6 Å². The molecule has 8 atom stereocenters. The lowest BCUT2D eigenvalue weighted by Gasteiger charge is -2.56. The van der Waals surface area contributed by atoms with Gasteiger partial charge in [0.15, 0.2) is 0 Å². The van der Waals surface area contributed by atoms with Crippen molar-refractivity contribution in [3.8, 4) is 0 Å². The van der Waals surface area contributed by atoms with Crippen LogP contribution in [0, 0.1) is 40.9 Å². The quantitative estimate of drug-likeness (QED) is 0.795. The molecule has 24 heavy (non-hydrogen) atoms. The Morgan fingerprint density at radius 2 is 1.75 bits per heavy atom. The molecule has 4 rings (SSSR count). The predicted octanol–water partition coefficient (Wildman–Crippen LogP) is 3.77. The first-order valence-electron chi connectivity index (χ1n) is 9.98. The lowest BCUT2D eigenvalue weighted by molar-refractivity contribution is -0.149. The molecule has 0 aromatic heterocycles. The molecule has 4 saturated carbocycles. The zero-order chi connectivity index (χ0) is 17.3. The Morgan fingerprint density at radius 3 is 2.46 bits per heavy atom. The van der Waals surface area contributed by atoms with Gasteiger partial charge in [0.25, 0.3) is 0 Å². The Bertz CT molecular complexity index is 565. The molecule has 4 fully saturated rings. The summed E-state index contributed by atoms with van der Waals surface area (Å²) >= 11 is 0. The second kappa shape index (κ2) is 5.40. The standard InChI is InChI=1S/C21H32O3/c1-12(22)17-4-5-18-15-10-19(23)16-11-20(2,24)8-6-14(16)13(15)7-9-21(17,18)3/h13-18,24H,4-11H2,1-3H3. The van der Waals surface area contributed by atoms with Gasteiger partial charge in [-0.05, 0) is 87.9 Å². The Balaban J connectivity index is 1.61. The molecular formula is C21H32O3. The van der Waals surface area contributed by atoms with Gasteiger partial charge in [0.1, 0.15) is 11.6 Å². The van der Waals surface area contributed by atoms with Crippen LogP contribution in [-0.2, 0) is 9.59 Å². The average Bonchev–Trinajstić information content (AvgIpc) is 2.85. The van der Waals surface area contributed by atoms with Gasteiger partial charge in [-0.2, -0.15) is 0 Å². The molecule has 0 saturated heterocycles. The molecule has 3 nitrogen and oxygen atoms in total. The molecular weight excluding hydrogens is 300 g/mol. The zero-order valence-electron chi connectivity index (χ0n) is 15.4. The normalized spacial score (nSPS) is 53.9. The summed E-state index contributed by atoms with van der Waals surface area (Å²) in [7, 11) is 0. The van der Waals surface area contributed by atoms with Crippen LogP contribution in [0.25, 0.3) is 0 Å². The number of rotatable bonds is 1. The van der Waals surface area contributed by atoms with Crippen molar-refractivity contribution in [1.82, 2.24) is 0 Å². The van der Waals surface area contributed by atoms with E-state index in [1.807, 2.05) is 6.92 Å². The SMILES string of the molecule is CC(=O)C1CCC2C3CC(=O)C4CC(C)(O)CCC4C3CCC12C. The van der Waals surface area contributed by atoms with E-state index < -0.39 is 5.60 Å². The minimum Gasteiger partial charge on any atom is -0.390 e. The first-order chi connectivity index (χ1) is 11.2. The van der Waals surface area contributed by atoms with Crippen molar-refractivity contribution in [2.45, 2.75) is 77.7 Å². The number of carbonyl (C=O) groups excluding carboxylic acids is 2. The van der Waals surface area contributed by atoms with E-state index in [-0.39, 0.29) is 17.3 Å². The van der Waals surface area contributed by atoms with Crippen LogP contribution in [0.1, 0.15) is 72.1 Å². The first kappa shape index (κ1) is 16.8. The number of Topliss-reactive ketones (excluding diaryl/α,β-unsaturated/α-hetero) is 2. The molecule has 0 aliphatic heterocycles. The highest BCUT2D eigenvalue weighted by Gasteiger charge is 2.59. The maximum absolute atomic E-state index is 12.9. The van der Waals surface area contributed by atoms with Gasteiger partial charge in [-0.1, -0.05) is 6.92 Å². The summed E-state index contributed by atoms with van der Waals surface area (Å²) in [4.78, 5) is 25.0. The smallest absolute Gasteiger partial charge is 0.136 e. The summed E-state index contributed by atoms with van der Waals surface area (Å²) in [5.41, 5.74) is -0.528. The van der Waals surface area contributed by atoms with Crippen LogP contribution < -0.4 is 0 Å². The van der Waals surface area contributed by atoms with Gasteiger partial charge in [-0.25, -0.2) is 0 Å².